The summed E-state index contributed by atoms with van der Waals surface area (Å²) in [6, 6.07) is 12.9. The molecule has 2 aromatic rings. The van der Waals surface area contributed by atoms with Crippen LogP contribution in [0.25, 0.3) is 0 Å². The molecule has 8 nitrogen and oxygen atoms in total. The van der Waals surface area contributed by atoms with Gasteiger partial charge in [0, 0.05) is 12.6 Å². The van der Waals surface area contributed by atoms with Crippen molar-refractivity contribution in [1.82, 2.24) is 9.88 Å². The Morgan fingerprint density at radius 1 is 1.29 bits per heavy atom. The smallest absolute Gasteiger partial charge is 0.399 e. The molecule has 34 heavy (non-hydrogen) atoms. The average Bonchev–Trinajstić information content (AvgIpc) is 2.80. The Labute approximate surface area is 194 Å². The highest BCUT2D eigenvalue weighted by atomic mass is 19.4. The summed E-state index contributed by atoms with van der Waals surface area (Å²) in [7, 11) is 1.43. The molecule has 1 fully saturated rings. The Morgan fingerprint density at radius 3 is 2.50 bits per heavy atom. The molecule has 1 aromatic heterocycles. The summed E-state index contributed by atoms with van der Waals surface area (Å²) in [4.78, 5) is 44.3. The SMILES string of the molecule is CON=C[C@@H]1C(Cc2ccnc(N)c2)C(=O)N1C(=O)C[C@H](C)c1ccccc1.O=CC(F)(F)F. The second kappa shape index (κ2) is 11.9. The van der Waals surface area contributed by atoms with E-state index in [-0.39, 0.29) is 30.1 Å². The first-order chi connectivity index (χ1) is 16.1. The van der Waals surface area contributed by atoms with Crippen molar-refractivity contribution in [1.29, 1.82) is 0 Å². The molecule has 3 rings (SSSR count). The third kappa shape index (κ3) is 7.39. The third-order valence-corrected chi connectivity index (χ3v) is 5.14. The molecule has 1 aliphatic heterocycles. The van der Waals surface area contributed by atoms with E-state index >= 15 is 0 Å². The summed E-state index contributed by atoms with van der Waals surface area (Å²) in [6.07, 6.45) is -1.86. The molecule has 0 radical (unpaired) electrons. The first-order valence-electron chi connectivity index (χ1n) is 10.3. The number of nitrogen functional groups attached to an aromatic ring is 1. The van der Waals surface area contributed by atoms with Gasteiger partial charge in [0.2, 0.25) is 18.1 Å². The van der Waals surface area contributed by atoms with E-state index in [9.17, 15) is 22.8 Å². The van der Waals surface area contributed by atoms with Gasteiger partial charge in [0.15, 0.2) is 0 Å². The second-order valence-corrected chi connectivity index (χ2v) is 7.60. The average molecular weight is 478 g/mol. The Kier molecular flexibility index (Phi) is 9.28. The van der Waals surface area contributed by atoms with Crippen molar-refractivity contribution in [2.75, 3.05) is 12.8 Å². The predicted molar refractivity (Wildman–Crippen MR) is 119 cm³/mol. The number of nitrogens with zero attached hydrogens (tertiary/aromatic N) is 3. The van der Waals surface area contributed by atoms with E-state index in [0.29, 0.717) is 12.2 Å². The number of aromatic nitrogens is 1. The summed E-state index contributed by atoms with van der Waals surface area (Å²) in [5.41, 5.74) is 7.68. The van der Waals surface area contributed by atoms with Crippen LogP contribution in [0, 0.1) is 5.92 Å². The maximum atomic E-state index is 12.8. The van der Waals surface area contributed by atoms with Crippen molar-refractivity contribution >= 4 is 30.1 Å². The van der Waals surface area contributed by atoms with Gasteiger partial charge in [-0.2, -0.15) is 13.2 Å². The lowest BCUT2D eigenvalue weighted by atomic mass is 9.82. The van der Waals surface area contributed by atoms with Crippen molar-refractivity contribution in [3.05, 3.63) is 59.8 Å². The molecular weight excluding hydrogens is 453 g/mol. The number of anilines is 1. The van der Waals surface area contributed by atoms with Crippen LogP contribution in [-0.2, 0) is 25.6 Å². The van der Waals surface area contributed by atoms with E-state index in [1.54, 1.807) is 12.3 Å². The van der Waals surface area contributed by atoms with Crippen LogP contribution < -0.4 is 5.73 Å². The first-order valence-corrected chi connectivity index (χ1v) is 10.3. The van der Waals surface area contributed by atoms with E-state index in [0.717, 1.165) is 11.1 Å². The van der Waals surface area contributed by atoms with Crippen LogP contribution in [0.15, 0.2) is 53.8 Å². The highest BCUT2D eigenvalue weighted by molar-refractivity contribution is 6.06. The van der Waals surface area contributed by atoms with Crippen molar-refractivity contribution in [2.45, 2.75) is 37.9 Å². The Morgan fingerprint density at radius 2 is 1.94 bits per heavy atom. The molecule has 1 saturated heterocycles. The molecule has 3 atom stereocenters. The van der Waals surface area contributed by atoms with Gasteiger partial charge in [0.25, 0.3) is 0 Å². The summed E-state index contributed by atoms with van der Waals surface area (Å²) < 4.78 is 31.2. The fraction of sp³-hybridized carbons (Fsp3) is 0.348. The highest BCUT2D eigenvalue weighted by Crippen LogP contribution is 2.32. The van der Waals surface area contributed by atoms with Gasteiger partial charge in [-0.25, -0.2) is 4.98 Å². The van der Waals surface area contributed by atoms with Gasteiger partial charge in [-0.1, -0.05) is 42.4 Å². The van der Waals surface area contributed by atoms with Crippen molar-refractivity contribution < 1.29 is 32.4 Å². The number of carbonyl (C=O) groups excluding carboxylic acids is 3. The zero-order valence-electron chi connectivity index (χ0n) is 18.6. The molecule has 1 aromatic carbocycles. The standard InChI is InChI=1S/C21H24N4O3.C2HF3O/c1-14(16-6-4-3-5-7-16)10-20(26)25-18(13-24-28-2)17(21(25)27)11-15-8-9-23-19(22)12-15;3-2(4,5)1-6/h3-9,12-14,17-18H,10-11H2,1-2H3,(H2,22,23);1H/t14-,17?,18+;/m0./s1. The topological polar surface area (TPSA) is 115 Å². The number of hydrogen-bond acceptors (Lipinski definition) is 7. The number of imide groups is 1. The molecule has 1 unspecified atom stereocenters. The largest absolute Gasteiger partial charge is 0.446 e. The number of likely N-dealkylation sites (tertiary alicyclic amines) is 1. The van der Waals surface area contributed by atoms with Gasteiger partial charge < -0.3 is 10.6 Å². The molecule has 2 N–H and O–H groups in total. The highest BCUT2D eigenvalue weighted by Gasteiger charge is 2.49. The van der Waals surface area contributed by atoms with Crippen LogP contribution in [-0.4, -0.2) is 53.5 Å². The fourth-order valence-corrected chi connectivity index (χ4v) is 3.50. The zero-order chi connectivity index (χ0) is 25.3. The molecule has 0 saturated carbocycles. The molecule has 2 heterocycles. The lowest BCUT2D eigenvalue weighted by molar-refractivity contribution is -0.162. The molecule has 0 spiro atoms. The number of nitrogens with two attached hydrogens (primary N) is 1. The van der Waals surface area contributed by atoms with E-state index in [1.165, 1.54) is 18.2 Å². The van der Waals surface area contributed by atoms with E-state index < -0.39 is 18.5 Å². The minimum Gasteiger partial charge on any atom is -0.399 e. The molecule has 0 bridgehead atoms. The van der Waals surface area contributed by atoms with Gasteiger partial charge in [-0.15, -0.1) is 0 Å². The Bertz CT molecular complexity index is 1010. The number of aldehydes is 1. The lowest BCUT2D eigenvalue weighted by Crippen LogP contribution is -2.64. The lowest BCUT2D eigenvalue weighted by Gasteiger charge is -2.44. The van der Waals surface area contributed by atoms with Crippen LogP contribution in [0.5, 0.6) is 0 Å². The minimum absolute atomic E-state index is 0.0144. The van der Waals surface area contributed by atoms with Crippen LogP contribution in [0.1, 0.15) is 30.4 Å². The van der Waals surface area contributed by atoms with Crippen LogP contribution in [0.2, 0.25) is 0 Å². The summed E-state index contributed by atoms with van der Waals surface area (Å²) >= 11 is 0. The number of carbonyl (C=O) groups is 3. The molecular formula is C23H25F3N4O4. The monoisotopic (exact) mass is 478 g/mol. The van der Waals surface area contributed by atoms with E-state index in [2.05, 4.69) is 10.1 Å². The summed E-state index contributed by atoms with van der Waals surface area (Å²) in [5, 5.41) is 3.80. The molecule has 0 aliphatic carbocycles. The van der Waals surface area contributed by atoms with Crippen molar-refractivity contribution in [3.8, 4) is 0 Å². The minimum atomic E-state index is -4.64. The van der Waals surface area contributed by atoms with Gasteiger partial charge in [-0.05, 0) is 35.6 Å². The zero-order valence-corrected chi connectivity index (χ0v) is 18.6. The number of halogens is 3. The number of β-lactam (4-membered cyclic amide) rings is 1. The van der Waals surface area contributed by atoms with Gasteiger partial charge in [0.05, 0.1) is 18.2 Å². The molecule has 11 heteroatoms. The number of benzene rings is 1. The number of oxime groups is 1. The number of pyridine rings is 1. The first kappa shape index (κ1) is 26.5. The quantitative estimate of drug-likeness (QED) is 0.283. The summed E-state index contributed by atoms with van der Waals surface area (Å²) in [5.74, 6) is -0.374. The molecule has 1 aliphatic rings. The number of amides is 2. The van der Waals surface area contributed by atoms with Gasteiger partial charge in [-0.3, -0.25) is 19.3 Å². The third-order valence-electron chi connectivity index (χ3n) is 5.14. The Hall–Kier alpha value is -3.76. The van der Waals surface area contributed by atoms with Crippen molar-refractivity contribution in [2.24, 2.45) is 11.1 Å². The number of hydrogen-bond donors (Lipinski definition) is 1. The Balaban J connectivity index is 0.000000604. The second-order valence-electron chi connectivity index (χ2n) is 7.60. The van der Waals surface area contributed by atoms with Gasteiger partial charge >= 0.3 is 6.18 Å². The number of alkyl halides is 3. The van der Waals surface area contributed by atoms with Crippen LogP contribution >= 0.6 is 0 Å². The van der Waals surface area contributed by atoms with E-state index in [1.807, 2.05) is 43.3 Å². The molecule has 2 amide bonds. The summed E-state index contributed by atoms with van der Waals surface area (Å²) in [6.45, 7) is 1.98. The van der Waals surface area contributed by atoms with Crippen molar-refractivity contribution in [3.63, 3.8) is 0 Å². The maximum absolute atomic E-state index is 12.8. The van der Waals surface area contributed by atoms with Gasteiger partial charge in [0.1, 0.15) is 12.9 Å². The predicted octanol–water partition coefficient (Wildman–Crippen LogP) is 3.13. The van der Waals surface area contributed by atoms with Crippen LogP contribution in [0.4, 0.5) is 19.0 Å². The fourth-order valence-electron chi connectivity index (χ4n) is 3.50. The van der Waals surface area contributed by atoms with E-state index in [4.69, 9.17) is 15.4 Å². The normalized spacial score (nSPS) is 18.5. The number of rotatable bonds is 7. The molecule has 182 valence electrons. The maximum Gasteiger partial charge on any atom is 0.446 e. The van der Waals surface area contributed by atoms with Crippen LogP contribution in [0.3, 0.4) is 0 Å².